The molecule has 0 unspecified atom stereocenters. The van der Waals surface area contributed by atoms with Crippen molar-refractivity contribution in [3.63, 3.8) is 0 Å². The van der Waals surface area contributed by atoms with Gasteiger partial charge in [-0.05, 0) is 51.0 Å². The van der Waals surface area contributed by atoms with Crippen LogP contribution in [0.2, 0.25) is 0 Å². The van der Waals surface area contributed by atoms with Crippen LogP contribution in [-0.2, 0) is 4.74 Å². The Morgan fingerprint density at radius 3 is 2.25 bits per heavy atom. The van der Waals surface area contributed by atoms with Gasteiger partial charge in [-0.15, -0.1) is 0 Å². The van der Waals surface area contributed by atoms with Crippen LogP contribution in [-0.4, -0.2) is 18.0 Å². The Balaban J connectivity index is 2.43. The summed E-state index contributed by atoms with van der Waals surface area (Å²) in [4.78, 5) is 4.58. The van der Waals surface area contributed by atoms with Gasteiger partial charge in [0, 0.05) is 10.0 Å². The smallest absolute Gasteiger partial charge is 0.216 e. The fourth-order valence-corrected chi connectivity index (χ4v) is 2.03. The standard InChI is InChI=1S/C13H16BrNO/c1-8-5-10(6-9(2)11(8)14)12-15-13(3,4)7-16-12/h5-6H,7H2,1-4H3. The molecule has 0 aliphatic carbocycles. The van der Waals surface area contributed by atoms with Crippen molar-refractivity contribution >= 4 is 21.8 Å². The minimum Gasteiger partial charge on any atom is -0.475 e. The molecule has 0 spiro atoms. The van der Waals surface area contributed by atoms with Crippen LogP contribution in [0, 0.1) is 13.8 Å². The summed E-state index contributed by atoms with van der Waals surface area (Å²) in [7, 11) is 0. The number of rotatable bonds is 1. The largest absolute Gasteiger partial charge is 0.475 e. The van der Waals surface area contributed by atoms with Crippen molar-refractivity contribution in [2.45, 2.75) is 33.2 Å². The maximum absolute atomic E-state index is 5.64. The Hall–Kier alpha value is -0.830. The van der Waals surface area contributed by atoms with Gasteiger partial charge < -0.3 is 4.74 Å². The van der Waals surface area contributed by atoms with Crippen LogP contribution in [0.15, 0.2) is 21.6 Å². The molecule has 0 aromatic heterocycles. The lowest BCUT2D eigenvalue weighted by atomic mass is 10.1. The maximum atomic E-state index is 5.64. The summed E-state index contributed by atoms with van der Waals surface area (Å²) in [5, 5.41) is 0. The maximum Gasteiger partial charge on any atom is 0.216 e. The quantitative estimate of drug-likeness (QED) is 0.771. The molecular weight excluding hydrogens is 266 g/mol. The second-order valence-electron chi connectivity index (χ2n) is 4.94. The Kier molecular flexibility index (Phi) is 2.82. The molecule has 2 rings (SSSR count). The molecule has 0 radical (unpaired) electrons. The molecule has 0 amide bonds. The first kappa shape index (κ1) is 11.6. The second kappa shape index (κ2) is 3.88. The number of aliphatic imine (C=N–C) groups is 1. The summed E-state index contributed by atoms with van der Waals surface area (Å²) >= 11 is 3.56. The topological polar surface area (TPSA) is 21.6 Å². The van der Waals surface area contributed by atoms with Gasteiger partial charge >= 0.3 is 0 Å². The van der Waals surface area contributed by atoms with Crippen LogP contribution >= 0.6 is 15.9 Å². The van der Waals surface area contributed by atoms with E-state index in [2.05, 4.69) is 60.8 Å². The number of benzene rings is 1. The molecule has 2 nitrogen and oxygen atoms in total. The summed E-state index contributed by atoms with van der Waals surface area (Å²) in [5.41, 5.74) is 3.41. The zero-order valence-electron chi connectivity index (χ0n) is 10.1. The normalized spacial score (nSPS) is 18.2. The first-order chi connectivity index (χ1) is 7.39. The lowest BCUT2D eigenvalue weighted by molar-refractivity contribution is 0.279. The number of ether oxygens (including phenoxy) is 1. The molecular formula is C13H16BrNO. The molecule has 0 N–H and O–H groups in total. The SMILES string of the molecule is Cc1cc(C2=NC(C)(C)CO2)cc(C)c1Br. The van der Waals surface area contributed by atoms with Crippen molar-refractivity contribution in [2.24, 2.45) is 4.99 Å². The summed E-state index contributed by atoms with van der Waals surface area (Å²) in [5.74, 6) is 0.767. The van der Waals surface area contributed by atoms with Crippen LogP contribution in [0.3, 0.4) is 0 Å². The summed E-state index contributed by atoms with van der Waals surface area (Å²) in [6.45, 7) is 9.00. The third kappa shape index (κ3) is 2.14. The lowest BCUT2D eigenvalue weighted by Gasteiger charge is -2.07. The van der Waals surface area contributed by atoms with Gasteiger partial charge in [-0.1, -0.05) is 15.9 Å². The predicted octanol–water partition coefficient (Wildman–Crippen LogP) is 3.62. The van der Waals surface area contributed by atoms with Crippen molar-refractivity contribution in [2.75, 3.05) is 6.61 Å². The molecule has 1 heterocycles. The molecule has 0 saturated carbocycles. The van der Waals surface area contributed by atoms with E-state index in [1.54, 1.807) is 0 Å². The third-order valence-electron chi connectivity index (χ3n) is 2.65. The van der Waals surface area contributed by atoms with E-state index in [1.165, 1.54) is 11.1 Å². The van der Waals surface area contributed by atoms with Crippen LogP contribution in [0.1, 0.15) is 30.5 Å². The van der Waals surface area contributed by atoms with Crippen LogP contribution in [0.4, 0.5) is 0 Å². The molecule has 1 aliphatic heterocycles. The highest BCUT2D eigenvalue weighted by Gasteiger charge is 2.27. The molecule has 0 atom stereocenters. The lowest BCUT2D eigenvalue weighted by Crippen LogP contribution is -2.17. The predicted molar refractivity (Wildman–Crippen MR) is 70.2 cm³/mol. The van der Waals surface area contributed by atoms with Gasteiger partial charge in [0.15, 0.2) is 0 Å². The van der Waals surface area contributed by atoms with E-state index in [0.717, 1.165) is 15.9 Å². The monoisotopic (exact) mass is 281 g/mol. The van der Waals surface area contributed by atoms with Gasteiger partial charge in [-0.25, -0.2) is 4.99 Å². The van der Waals surface area contributed by atoms with E-state index in [1.807, 2.05) is 0 Å². The molecule has 1 aliphatic rings. The van der Waals surface area contributed by atoms with Crippen molar-refractivity contribution in [1.82, 2.24) is 0 Å². The van der Waals surface area contributed by atoms with Crippen molar-refractivity contribution in [3.05, 3.63) is 33.3 Å². The molecule has 1 aromatic carbocycles. The van der Waals surface area contributed by atoms with Crippen molar-refractivity contribution in [1.29, 1.82) is 0 Å². The third-order valence-corrected chi connectivity index (χ3v) is 3.90. The highest BCUT2D eigenvalue weighted by Crippen LogP contribution is 2.26. The zero-order chi connectivity index (χ0) is 11.9. The Bertz CT molecular complexity index is 440. The van der Waals surface area contributed by atoms with Crippen molar-refractivity contribution < 1.29 is 4.74 Å². The first-order valence-electron chi connectivity index (χ1n) is 5.39. The van der Waals surface area contributed by atoms with Crippen LogP contribution in [0.25, 0.3) is 0 Å². The highest BCUT2D eigenvalue weighted by molar-refractivity contribution is 9.10. The average Bonchev–Trinajstić information content (AvgIpc) is 2.54. The van der Waals surface area contributed by atoms with Crippen LogP contribution in [0.5, 0.6) is 0 Å². The van der Waals surface area contributed by atoms with E-state index in [9.17, 15) is 0 Å². The zero-order valence-corrected chi connectivity index (χ0v) is 11.7. The molecule has 86 valence electrons. The molecule has 0 saturated heterocycles. The number of hydrogen-bond acceptors (Lipinski definition) is 2. The second-order valence-corrected chi connectivity index (χ2v) is 5.74. The van der Waals surface area contributed by atoms with E-state index in [4.69, 9.17) is 4.74 Å². The number of nitrogens with zero attached hydrogens (tertiary/aromatic N) is 1. The number of hydrogen-bond donors (Lipinski definition) is 0. The number of aryl methyl sites for hydroxylation is 2. The Morgan fingerprint density at radius 1 is 1.25 bits per heavy atom. The summed E-state index contributed by atoms with van der Waals surface area (Å²) in [6.07, 6.45) is 0. The van der Waals surface area contributed by atoms with Gasteiger partial charge in [0.05, 0.1) is 5.54 Å². The number of halogens is 1. The summed E-state index contributed by atoms with van der Waals surface area (Å²) in [6, 6.07) is 4.22. The first-order valence-corrected chi connectivity index (χ1v) is 6.18. The average molecular weight is 282 g/mol. The minimum atomic E-state index is -0.0930. The van der Waals surface area contributed by atoms with Gasteiger partial charge in [-0.3, -0.25) is 0 Å². The van der Waals surface area contributed by atoms with E-state index < -0.39 is 0 Å². The van der Waals surface area contributed by atoms with E-state index in [-0.39, 0.29) is 5.54 Å². The summed E-state index contributed by atoms with van der Waals surface area (Å²) < 4.78 is 6.80. The van der Waals surface area contributed by atoms with Gasteiger partial charge in [0.2, 0.25) is 5.90 Å². The fraction of sp³-hybridized carbons (Fsp3) is 0.462. The van der Waals surface area contributed by atoms with E-state index in [0.29, 0.717) is 6.61 Å². The Morgan fingerprint density at radius 2 is 1.81 bits per heavy atom. The molecule has 0 bridgehead atoms. The van der Waals surface area contributed by atoms with Gasteiger partial charge in [0.1, 0.15) is 6.61 Å². The highest BCUT2D eigenvalue weighted by atomic mass is 79.9. The molecule has 1 aromatic rings. The minimum absolute atomic E-state index is 0.0930. The van der Waals surface area contributed by atoms with Gasteiger partial charge in [-0.2, -0.15) is 0 Å². The van der Waals surface area contributed by atoms with Gasteiger partial charge in [0.25, 0.3) is 0 Å². The van der Waals surface area contributed by atoms with Crippen LogP contribution < -0.4 is 0 Å². The molecule has 0 fully saturated rings. The Labute approximate surface area is 105 Å². The molecule has 16 heavy (non-hydrogen) atoms. The van der Waals surface area contributed by atoms with Crippen molar-refractivity contribution in [3.8, 4) is 0 Å². The fourth-order valence-electron chi connectivity index (χ4n) is 1.80. The van der Waals surface area contributed by atoms with E-state index >= 15 is 0 Å². The molecule has 3 heteroatoms.